The minimum atomic E-state index is 0.144. The van der Waals surface area contributed by atoms with E-state index < -0.39 is 0 Å². The Hall–Kier alpha value is -1.08. The van der Waals surface area contributed by atoms with E-state index in [-0.39, 0.29) is 6.04 Å². The number of anilines is 1. The Labute approximate surface area is 131 Å². The van der Waals surface area contributed by atoms with E-state index >= 15 is 0 Å². The number of nitrogens with two attached hydrogens (primary N) is 2. The van der Waals surface area contributed by atoms with Gasteiger partial charge in [-0.3, -0.25) is 16.3 Å². The molecule has 1 aromatic carbocycles. The number of pyridine rings is 1. The Morgan fingerprint density at radius 1 is 1.35 bits per heavy atom. The fraction of sp³-hybridized carbons (Fsp3) is 0.214. The molecule has 1 aromatic heterocycles. The standard InChI is InChI=1S/C14H17BrN4S/c15-11-2-1-3-13(7-11)20-9-12(19-17)6-10-8-18-5-4-14(10)16/h1-5,7-8,12,19H,6,9,17H2,(H2,16,18). The Balaban J connectivity index is 1.94. The number of benzene rings is 1. The van der Waals surface area contributed by atoms with Crippen LogP contribution in [-0.2, 0) is 6.42 Å². The third-order valence-electron chi connectivity index (χ3n) is 2.89. The van der Waals surface area contributed by atoms with Crippen molar-refractivity contribution in [1.82, 2.24) is 10.4 Å². The SMILES string of the molecule is NNC(CSc1cccc(Br)c1)Cc1cnccc1N. The van der Waals surface area contributed by atoms with E-state index in [0.29, 0.717) is 0 Å². The van der Waals surface area contributed by atoms with Crippen LogP contribution in [0.5, 0.6) is 0 Å². The predicted octanol–water partition coefficient (Wildman–Crippen LogP) is 2.59. The predicted molar refractivity (Wildman–Crippen MR) is 88.3 cm³/mol. The van der Waals surface area contributed by atoms with E-state index in [1.807, 2.05) is 18.2 Å². The second-order valence-corrected chi connectivity index (χ2v) is 6.42. The highest BCUT2D eigenvalue weighted by atomic mass is 79.9. The number of nitrogens with one attached hydrogen (secondary N) is 1. The molecule has 106 valence electrons. The first-order chi connectivity index (χ1) is 9.69. The van der Waals surface area contributed by atoms with Gasteiger partial charge in [0, 0.05) is 39.2 Å². The molecule has 1 heterocycles. The summed E-state index contributed by atoms with van der Waals surface area (Å²) in [6.45, 7) is 0. The molecule has 0 aliphatic carbocycles. The maximum Gasteiger partial charge on any atom is 0.0378 e. The van der Waals surface area contributed by atoms with Crippen molar-refractivity contribution in [3.63, 3.8) is 0 Å². The van der Waals surface area contributed by atoms with Gasteiger partial charge in [-0.25, -0.2) is 0 Å². The van der Waals surface area contributed by atoms with E-state index in [9.17, 15) is 0 Å². The van der Waals surface area contributed by atoms with Crippen molar-refractivity contribution in [3.05, 3.63) is 52.8 Å². The summed E-state index contributed by atoms with van der Waals surface area (Å²) in [7, 11) is 0. The normalized spacial score (nSPS) is 12.3. The van der Waals surface area contributed by atoms with Gasteiger partial charge in [0.15, 0.2) is 0 Å². The molecule has 2 rings (SSSR count). The number of hydrogen-bond acceptors (Lipinski definition) is 5. The summed E-state index contributed by atoms with van der Waals surface area (Å²) >= 11 is 5.23. The minimum Gasteiger partial charge on any atom is -0.398 e. The third-order valence-corrected chi connectivity index (χ3v) is 4.54. The van der Waals surface area contributed by atoms with E-state index in [4.69, 9.17) is 11.6 Å². The van der Waals surface area contributed by atoms with E-state index in [1.165, 1.54) is 4.90 Å². The van der Waals surface area contributed by atoms with Crippen LogP contribution in [0.2, 0.25) is 0 Å². The van der Waals surface area contributed by atoms with Crippen LogP contribution in [0.15, 0.2) is 52.1 Å². The largest absolute Gasteiger partial charge is 0.398 e. The summed E-state index contributed by atoms with van der Waals surface area (Å²) in [6.07, 6.45) is 4.25. The van der Waals surface area contributed by atoms with Crippen molar-refractivity contribution in [2.45, 2.75) is 17.4 Å². The van der Waals surface area contributed by atoms with Crippen molar-refractivity contribution in [3.8, 4) is 0 Å². The molecule has 0 saturated heterocycles. The fourth-order valence-corrected chi connectivity index (χ4v) is 3.34. The number of hydrazine groups is 1. The summed E-state index contributed by atoms with van der Waals surface area (Å²) in [6, 6.07) is 10.2. The van der Waals surface area contributed by atoms with Crippen LogP contribution >= 0.6 is 27.7 Å². The number of halogens is 1. The first-order valence-electron chi connectivity index (χ1n) is 6.22. The maximum absolute atomic E-state index is 5.93. The van der Waals surface area contributed by atoms with Gasteiger partial charge in [0.1, 0.15) is 0 Å². The van der Waals surface area contributed by atoms with Crippen LogP contribution < -0.4 is 17.0 Å². The average Bonchev–Trinajstić information content (AvgIpc) is 2.45. The quantitative estimate of drug-likeness (QED) is 0.423. The van der Waals surface area contributed by atoms with E-state index in [0.717, 1.165) is 27.9 Å². The molecule has 0 spiro atoms. The second-order valence-electron chi connectivity index (χ2n) is 4.41. The van der Waals surface area contributed by atoms with Crippen molar-refractivity contribution in [1.29, 1.82) is 0 Å². The lowest BCUT2D eigenvalue weighted by Crippen LogP contribution is -2.38. The van der Waals surface area contributed by atoms with E-state index in [1.54, 1.807) is 24.2 Å². The highest BCUT2D eigenvalue weighted by Crippen LogP contribution is 2.23. The summed E-state index contributed by atoms with van der Waals surface area (Å²) in [4.78, 5) is 5.31. The van der Waals surface area contributed by atoms with Crippen LogP contribution in [0.4, 0.5) is 5.69 Å². The van der Waals surface area contributed by atoms with Crippen molar-refractivity contribution >= 4 is 33.4 Å². The Morgan fingerprint density at radius 2 is 2.20 bits per heavy atom. The number of rotatable bonds is 6. The number of aromatic nitrogens is 1. The lowest BCUT2D eigenvalue weighted by atomic mass is 10.1. The number of thioether (sulfide) groups is 1. The lowest BCUT2D eigenvalue weighted by Gasteiger charge is -2.16. The van der Waals surface area contributed by atoms with Gasteiger partial charge in [-0.05, 0) is 36.2 Å². The molecular weight excluding hydrogens is 336 g/mol. The van der Waals surface area contributed by atoms with Gasteiger partial charge in [-0.2, -0.15) is 0 Å². The number of nitrogens with zero attached hydrogens (tertiary/aromatic N) is 1. The fourth-order valence-electron chi connectivity index (χ4n) is 1.79. The van der Waals surface area contributed by atoms with Crippen molar-refractivity contribution < 1.29 is 0 Å². The van der Waals surface area contributed by atoms with Crippen molar-refractivity contribution in [2.75, 3.05) is 11.5 Å². The maximum atomic E-state index is 5.93. The Bertz CT molecular complexity index is 564. The molecule has 1 unspecified atom stereocenters. The monoisotopic (exact) mass is 352 g/mol. The van der Waals surface area contributed by atoms with Crippen LogP contribution in [-0.4, -0.2) is 16.8 Å². The topological polar surface area (TPSA) is 77.0 Å². The molecule has 4 nitrogen and oxygen atoms in total. The second kappa shape index (κ2) is 7.64. The smallest absolute Gasteiger partial charge is 0.0378 e. The van der Waals surface area contributed by atoms with Crippen LogP contribution in [0, 0.1) is 0 Å². The molecule has 20 heavy (non-hydrogen) atoms. The molecule has 6 heteroatoms. The highest BCUT2D eigenvalue weighted by molar-refractivity contribution is 9.10. The summed E-state index contributed by atoms with van der Waals surface area (Å²) in [5.41, 5.74) is 10.6. The number of nitrogen functional groups attached to an aromatic ring is 1. The molecule has 2 aromatic rings. The molecule has 0 aliphatic heterocycles. The molecule has 0 amide bonds. The summed E-state index contributed by atoms with van der Waals surface area (Å²) in [5.74, 6) is 6.49. The summed E-state index contributed by atoms with van der Waals surface area (Å²) in [5, 5.41) is 0. The molecule has 0 radical (unpaired) electrons. The van der Waals surface area contributed by atoms with E-state index in [2.05, 4.69) is 38.5 Å². The third kappa shape index (κ3) is 4.49. The van der Waals surface area contributed by atoms with Crippen molar-refractivity contribution in [2.24, 2.45) is 5.84 Å². The van der Waals surface area contributed by atoms with Crippen LogP contribution in [0.1, 0.15) is 5.56 Å². The van der Waals surface area contributed by atoms with Gasteiger partial charge in [-0.15, -0.1) is 11.8 Å². The molecule has 5 N–H and O–H groups in total. The number of hydrogen-bond donors (Lipinski definition) is 3. The minimum absolute atomic E-state index is 0.144. The molecule has 0 fully saturated rings. The zero-order valence-electron chi connectivity index (χ0n) is 10.9. The van der Waals surface area contributed by atoms with Gasteiger partial charge in [-0.1, -0.05) is 22.0 Å². The first-order valence-corrected chi connectivity index (χ1v) is 7.99. The summed E-state index contributed by atoms with van der Waals surface area (Å²) < 4.78 is 1.08. The lowest BCUT2D eigenvalue weighted by molar-refractivity contribution is 0.575. The van der Waals surface area contributed by atoms with Crippen LogP contribution in [0.25, 0.3) is 0 Å². The first kappa shape index (κ1) is 15.3. The zero-order valence-corrected chi connectivity index (χ0v) is 13.3. The Morgan fingerprint density at radius 3 is 2.90 bits per heavy atom. The van der Waals surface area contributed by atoms with Gasteiger partial charge in [0.2, 0.25) is 0 Å². The molecular formula is C14H17BrN4S. The van der Waals surface area contributed by atoms with Gasteiger partial charge in [0.05, 0.1) is 0 Å². The van der Waals surface area contributed by atoms with Gasteiger partial charge >= 0.3 is 0 Å². The molecule has 0 bridgehead atoms. The van der Waals surface area contributed by atoms with Gasteiger partial charge < -0.3 is 5.73 Å². The zero-order chi connectivity index (χ0) is 14.4. The Kier molecular flexibility index (Phi) is 5.85. The molecule has 0 saturated carbocycles. The highest BCUT2D eigenvalue weighted by Gasteiger charge is 2.10. The average molecular weight is 353 g/mol. The molecule has 0 aliphatic rings. The van der Waals surface area contributed by atoms with Gasteiger partial charge in [0.25, 0.3) is 0 Å². The van der Waals surface area contributed by atoms with Crippen LogP contribution in [0.3, 0.4) is 0 Å². The molecule has 1 atom stereocenters.